The SMILES string of the molecule is Cc1ccc(C(=O)CC2COCCN2)s1. The van der Waals surface area contributed by atoms with Gasteiger partial charge in [-0.25, -0.2) is 0 Å². The third-order valence-electron chi connectivity index (χ3n) is 2.45. The largest absolute Gasteiger partial charge is 0.378 e. The number of morpholine rings is 1. The van der Waals surface area contributed by atoms with Crippen LogP contribution in [0.5, 0.6) is 0 Å². The predicted octanol–water partition coefficient (Wildman–Crippen LogP) is 1.62. The molecule has 1 unspecified atom stereocenters. The van der Waals surface area contributed by atoms with E-state index in [0.29, 0.717) is 13.0 Å². The van der Waals surface area contributed by atoms with Crippen LogP contribution in [0.3, 0.4) is 0 Å². The first-order chi connectivity index (χ1) is 7.25. The van der Waals surface area contributed by atoms with Crippen molar-refractivity contribution < 1.29 is 9.53 Å². The first-order valence-electron chi connectivity index (χ1n) is 5.16. The van der Waals surface area contributed by atoms with E-state index in [9.17, 15) is 4.79 Å². The van der Waals surface area contributed by atoms with E-state index in [1.165, 1.54) is 4.88 Å². The number of ketones is 1. The van der Waals surface area contributed by atoms with Gasteiger partial charge in [-0.15, -0.1) is 11.3 Å². The van der Waals surface area contributed by atoms with Crippen molar-refractivity contribution in [3.05, 3.63) is 21.9 Å². The van der Waals surface area contributed by atoms with Gasteiger partial charge < -0.3 is 10.1 Å². The van der Waals surface area contributed by atoms with Gasteiger partial charge in [-0.3, -0.25) is 4.79 Å². The summed E-state index contributed by atoms with van der Waals surface area (Å²) in [6.45, 7) is 4.27. The van der Waals surface area contributed by atoms with Gasteiger partial charge in [0.05, 0.1) is 18.1 Å². The molecule has 0 aromatic carbocycles. The standard InChI is InChI=1S/C11H15NO2S/c1-8-2-3-11(15-8)10(13)6-9-7-14-5-4-12-9/h2-3,9,12H,4-7H2,1H3. The molecule has 1 aliphatic heterocycles. The highest BCUT2D eigenvalue weighted by Gasteiger charge is 2.18. The van der Waals surface area contributed by atoms with Gasteiger partial charge in [-0.05, 0) is 19.1 Å². The molecule has 1 N–H and O–H groups in total. The zero-order valence-electron chi connectivity index (χ0n) is 8.79. The first-order valence-corrected chi connectivity index (χ1v) is 5.98. The molecule has 0 saturated carbocycles. The molecule has 0 aliphatic carbocycles. The number of rotatable bonds is 3. The molecular formula is C11H15NO2S. The van der Waals surface area contributed by atoms with Crippen LogP contribution in [-0.2, 0) is 4.74 Å². The topological polar surface area (TPSA) is 38.3 Å². The van der Waals surface area contributed by atoms with Crippen LogP contribution in [0.15, 0.2) is 12.1 Å². The Morgan fingerprint density at radius 2 is 2.53 bits per heavy atom. The number of nitrogens with one attached hydrogen (secondary N) is 1. The van der Waals surface area contributed by atoms with Gasteiger partial charge in [-0.2, -0.15) is 0 Å². The molecule has 0 bridgehead atoms. The third kappa shape index (κ3) is 2.87. The molecule has 0 spiro atoms. The Bertz CT molecular complexity index is 342. The fourth-order valence-electron chi connectivity index (χ4n) is 1.66. The van der Waals surface area contributed by atoms with E-state index in [1.54, 1.807) is 11.3 Å². The average molecular weight is 225 g/mol. The molecule has 1 atom stereocenters. The number of carbonyl (C=O) groups is 1. The summed E-state index contributed by atoms with van der Waals surface area (Å²) in [5, 5.41) is 3.29. The Labute approximate surface area is 93.4 Å². The van der Waals surface area contributed by atoms with Crippen molar-refractivity contribution in [2.24, 2.45) is 0 Å². The lowest BCUT2D eigenvalue weighted by molar-refractivity contribution is 0.0677. The van der Waals surface area contributed by atoms with Crippen molar-refractivity contribution in [3.63, 3.8) is 0 Å². The fraction of sp³-hybridized carbons (Fsp3) is 0.545. The number of hydrogen-bond acceptors (Lipinski definition) is 4. The summed E-state index contributed by atoms with van der Waals surface area (Å²) in [7, 11) is 0. The summed E-state index contributed by atoms with van der Waals surface area (Å²) in [6, 6.07) is 4.09. The van der Waals surface area contributed by atoms with Crippen LogP contribution < -0.4 is 5.32 Å². The Kier molecular flexibility index (Phi) is 3.51. The second kappa shape index (κ2) is 4.88. The summed E-state index contributed by atoms with van der Waals surface area (Å²) in [5.41, 5.74) is 0. The number of thiophene rings is 1. The van der Waals surface area contributed by atoms with Crippen LogP contribution in [0, 0.1) is 6.92 Å². The van der Waals surface area contributed by atoms with E-state index in [4.69, 9.17) is 4.74 Å². The lowest BCUT2D eigenvalue weighted by atomic mass is 10.1. The molecule has 1 aromatic rings. The quantitative estimate of drug-likeness (QED) is 0.794. The summed E-state index contributed by atoms with van der Waals surface area (Å²) >= 11 is 1.57. The lowest BCUT2D eigenvalue weighted by Gasteiger charge is -2.22. The first kappa shape index (κ1) is 10.8. The average Bonchev–Trinajstić information content (AvgIpc) is 2.66. The monoisotopic (exact) mass is 225 g/mol. The van der Waals surface area contributed by atoms with Gasteiger partial charge in [0, 0.05) is 23.9 Å². The Morgan fingerprint density at radius 3 is 3.13 bits per heavy atom. The maximum atomic E-state index is 11.8. The predicted molar refractivity (Wildman–Crippen MR) is 60.6 cm³/mol. The van der Waals surface area contributed by atoms with Crippen LogP contribution in [0.25, 0.3) is 0 Å². The second-order valence-corrected chi connectivity index (χ2v) is 5.05. The number of aryl methyl sites for hydroxylation is 1. The summed E-state index contributed by atoms with van der Waals surface area (Å²) < 4.78 is 5.31. The summed E-state index contributed by atoms with van der Waals surface area (Å²) in [5.74, 6) is 0.219. The molecule has 1 saturated heterocycles. The maximum absolute atomic E-state index is 11.8. The molecule has 4 heteroatoms. The molecule has 1 fully saturated rings. The van der Waals surface area contributed by atoms with Crippen molar-refractivity contribution in [2.75, 3.05) is 19.8 Å². The summed E-state index contributed by atoms with van der Waals surface area (Å²) in [4.78, 5) is 13.9. The van der Waals surface area contributed by atoms with Crippen LogP contribution >= 0.6 is 11.3 Å². The second-order valence-electron chi connectivity index (χ2n) is 3.76. The number of ether oxygens (including phenoxy) is 1. The van der Waals surface area contributed by atoms with E-state index in [0.717, 1.165) is 18.0 Å². The molecule has 1 aliphatic rings. The van der Waals surface area contributed by atoms with Gasteiger partial charge in [0.25, 0.3) is 0 Å². The van der Waals surface area contributed by atoms with Crippen molar-refractivity contribution in [3.8, 4) is 0 Å². The van der Waals surface area contributed by atoms with Crippen LogP contribution in [0.2, 0.25) is 0 Å². The smallest absolute Gasteiger partial charge is 0.174 e. The van der Waals surface area contributed by atoms with Gasteiger partial charge in [0.1, 0.15) is 0 Å². The minimum absolute atomic E-state index is 0.189. The van der Waals surface area contributed by atoms with E-state index >= 15 is 0 Å². The Hall–Kier alpha value is -0.710. The number of Topliss-reactive ketones (excluding diaryl/α,β-unsaturated/α-hetero) is 1. The molecule has 15 heavy (non-hydrogen) atoms. The van der Waals surface area contributed by atoms with E-state index in [1.807, 2.05) is 19.1 Å². The van der Waals surface area contributed by atoms with Crippen molar-refractivity contribution >= 4 is 17.1 Å². The Balaban J connectivity index is 1.91. The van der Waals surface area contributed by atoms with E-state index in [2.05, 4.69) is 5.32 Å². The highest BCUT2D eigenvalue weighted by atomic mass is 32.1. The zero-order valence-corrected chi connectivity index (χ0v) is 9.60. The molecular weight excluding hydrogens is 210 g/mol. The van der Waals surface area contributed by atoms with Crippen LogP contribution in [0.4, 0.5) is 0 Å². The van der Waals surface area contributed by atoms with Crippen molar-refractivity contribution in [2.45, 2.75) is 19.4 Å². The van der Waals surface area contributed by atoms with Crippen LogP contribution in [0.1, 0.15) is 21.0 Å². The highest BCUT2D eigenvalue weighted by molar-refractivity contribution is 7.14. The summed E-state index contributed by atoms with van der Waals surface area (Å²) in [6.07, 6.45) is 0.542. The Morgan fingerprint density at radius 1 is 1.67 bits per heavy atom. The van der Waals surface area contributed by atoms with Gasteiger partial charge in [-0.1, -0.05) is 0 Å². The van der Waals surface area contributed by atoms with Crippen LogP contribution in [-0.4, -0.2) is 31.6 Å². The lowest BCUT2D eigenvalue weighted by Crippen LogP contribution is -2.42. The molecule has 2 rings (SSSR count). The van der Waals surface area contributed by atoms with E-state index < -0.39 is 0 Å². The van der Waals surface area contributed by atoms with Gasteiger partial charge in [0.2, 0.25) is 0 Å². The molecule has 0 amide bonds. The normalized spacial score (nSPS) is 21.5. The zero-order chi connectivity index (χ0) is 10.7. The van der Waals surface area contributed by atoms with Crippen molar-refractivity contribution in [1.82, 2.24) is 5.32 Å². The molecule has 2 heterocycles. The van der Waals surface area contributed by atoms with Gasteiger partial charge >= 0.3 is 0 Å². The molecule has 82 valence electrons. The van der Waals surface area contributed by atoms with Gasteiger partial charge in [0.15, 0.2) is 5.78 Å². The minimum atomic E-state index is 0.189. The molecule has 0 radical (unpaired) electrons. The molecule has 3 nitrogen and oxygen atoms in total. The number of carbonyl (C=O) groups excluding carboxylic acids is 1. The fourth-order valence-corrected chi connectivity index (χ4v) is 2.48. The third-order valence-corrected chi connectivity index (χ3v) is 3.49. The highest BCUT2D eigenvalue weighted by Crippen LogP contribution is 2.17. The van der Waals surface area contributed by atoms with E-state index in [-0.39, 0.29) is 11.8 Å². The molecule has 1 aromatic heterocycles. The van der Waals surface area contributed by atoms with Crippen molar-refractivity contribution in [1.29, 1.82) is 0 Å². The minimum Gasteiger partial charge on any atom is -0.378 e. The number of hydrogen-bond donors (Lipinski definition) is 1. The maximum Gasteiger partial charge on any atom is 0.174 e.